The first-order valence-electron chi connectivity index (χ1n) is 8.60. The number of piperidine rings is 1. The van der Waals surface area contributed by atoms with Gasteiger partial charge in [0.05, 0.1) is 13.7 Å². The summed E-state index contributed by atoms with van der Waals surface area (Å²) in [6, 6.07) is 4.69. The second kappa shape index (κ2) is 7.16. The minimum absolute atomic E-state index is 0.388. The molecule has 5 nitrogen and oxygen atoms in total. The van der Waals surface area contributed by atoms with Crippen molar-refractivity contribution < 1.29 is 9.47 Å². The number of hydrogen-bond donors (Lipinski definition) is 0. The Morgan fingerprint density at radius 1 is 1.26 bits per heavy atom. The lowest BCUT2D eigenvalue weighted by Gasteiger charge is -2.45. The third-order valence-corrected chi connectivity index (χ3v) is 5.82. The second-order valence-electron chi connectivity index (χ2n) is 6.93. The largest absolute Gasteiger partial charge is 0.481 e. The van der Waals surface area contributed by atoms with Crippen LogP contribution in [0.25, 0.3) is 0 Å². The molecule has 23 heavy (non-hydrogen) atoms. The van der Waals surface area contributed by atoms with E-state index in [1.807, 2.05) is 13.2 Å². The molecule has 0 amide bonds. The number of ether oxygens (including phenoxy) is 2. The van der Waals surface area contributed by atoms with Crippen molar-refractivity contribution in [2.75, 3.05) is 41.0 Å². The first kappa shape index (κ1) is 16.7. The van der Waals surface area contributed by atoms with Crippen LogP contribution in [0.15, 0.2) is 18.3 Å². The first-order valence-corrected chi connectivity index (χ1v) is 8.60. The number of pyridine rings is 1. The van der Waals surface area contributed by atoms with Crippen molar-refractivity contribution in [1.82, 2.24) is 14.8 Å². The van der Waals surface area contributed by atoms with E-state index in [-0.39, 0.29) is 0 Å². The van der Waals surface area contributed by atoms with Gasteiger partial charge in [-0.15, -0.1) is 0 Å². The fourth-order valence-electron chi connectivity index (χ4n) is 4.28. The summed E-state index contributed by atoms with van der Waals surface area (Å²) in [4.78, 5) is 9.43. The third-order valence-electron chi connectivity index (χ3n) is 5.82. The van der Waals surface area contributed by atoms with Gasteiger partial charge in [0.15, 0.2) is 0 Å². The molecule has 0 unspecified atom stereocenters. The molecule has 1 aromatic rings. The maximum Gasteiger partial charge on any atom is 0.217 e. The van der Waals surface area contributed by atoms with Crippen LogP contribution in [-0.4, -0.2) is 67.3 Å². The minimum Gasteiger partial charge on any atom is -0.481 e. The molecule has 0 N–H and O–H groups in total. The molecular weight excluding hydrogens is 290 g/mol. The topological polar surface area (TPSA) is 37.8 Å². The maximum absolute atomic E-state index is 5.38. The van der Waals surface area contributed by atoms with Gasteiger partial charge in [0.25, 0.3) is 0 Å². The Labute approximate surface area is 139 Å². The van der Waals surface area contributed by atoms with E-state index in [0.717, 1.165) is 32.1 Å². The SMILES string of the molecule is COC[C@@H]1CCC2(CCN(Cc3cccnc3OC)CC2)N1C. The molecule has 1 aromatic heterocycles. The number of likely N-dealkylation sites (N-methyl/N-ethyl adjacent to an activating group) is 1. The molecule has 1 spiro atoms. The van der Waals surface area contributed by atoms with Crippen LogP contribution in [0, 0.1) is 0 Å². The van der Waals surface area contributed by atoms with Crippen LogP contribution in [0.4, 0.5) is 0 Å². The quantitative estimate of drug-likeness (QED) is 0.831. The highest BCUT2D eigenvalue weighted by Gasteiger charge is 2.45. The van der Waals surface area contributed by atoms with Gasteiger partial charge >= 0.3 is 0 Å². The molecule has 3 rings (SSSR count). The number of rotatable bonds is 5. The van der Waals surface area contributed by atoms with Gasteiger partial charge in [0, 0.05) is 50.1 Å². The van der Waals surface area contributed by atoms with E-state index in [0.29, 0.717) is 11.6 Å². The molecule has 0 bridgehead atoms. The summed E-state index contributed by atoms with van der Waals surface area (Å²) in [5, 5.41) is 0. The standard InChI is InChI=1S/C18H29N3O2/c1-20-16(14-22-2)6-7-18(20)8-11-21(12-9-18)13-15-5-4-10-19-17(15)23-3/h4-5,10,16H,6-9,11-14H2,1-3H3/t16-/m0/s1. The zero-order valence-electron chi connectivity index (χ0n) is 14.6. The van der Waals surface area contributed by atoms with Crippen LogP contribution in [0.2, 0.25) is 0 Å². The highest BCUT2D eigenvalue weighted by molar-refractivity contribution is 5.25. The van der Waals surface area contributed by atoms with Crippen molar-refractivity contribution in [3.8, 4) is 5.88 Å². The number of methoxy groups -OCH3 is 2. The number of aromatic nitrogens is 1. The van der Waals surface area contributed by atoms with Gasteiger partial charge in [0.2, 0.25) is 5.88 Å². The summed E-state index contributed by atoms with van der Waals surface area (Å²) in [5.41, 5.74) is 1.57. The lowest BCUT2D eigenvalue weighted by Crippen LogP contribution is -2.52. The van der Waals surface area contributed by atoms with E-state index in [4.69, 9.17) is 9.47 Å². The number of nitrogens with zero attached hydrogens (tertiary/aromatic N) is 3. The fourth-order valence-corrected chi connectivity index (χ4v) is 4.28. The van der Waals surface area contributed by atoms with Crippen molar-refractivity contribution in [3.63, 3.8) is 0 Å². The van der Waals surface area contributed by atoms with Gasteiger partial charge < -0.3 is 9.47 Å². The van der Waals surface area contributed by atoms with Crippen molar-refractivity contribution in [3.05, 3.63) is 23.9 Å². The van der Waals surface area contributed by atoms with Crippen molar-refractivity contribution in [1.29, 1.82) is 0 Å². The molecule has 3 heterocycles. The lowest BCUT2D eigenvalue weighted by molar-refractivity contribution is 0.0280. The zero-order valence-corrected chi connectivity index (χ0v) is 14.6. The Kier molecular flexibility index (Phi) is 5.19. The van der Waals surface area contributed by atoms with Crippen LogP contribution in [-0.2, 0) is 11.3 Å². The van der Waals surface area contributed by atoms with Crippen molar-refractivity contribution in [2.24, 2.45) is 0 Å². The Morgan fingerprint density at radius 2 is 2.04 bits per heavy atom. The molecule has 0 aromatic carbocycles. The average molecular weight is 319 g/mol. The van der Waals surface area contributed by atoms with Crippen LogP contribution < -0.4 is 4.74 Å². The van der Waals surface area contributed by atoms with E-state index < -0.39 is 0 Å². The number of hydrogen-bond acceptors (Lipinski definition) is 5. The molecule has 0 radical (unpaired) electrons. The van der Waals surface area contributed by atoms with Gasteiger partial charge in [-0.25, -0.2) is 4.98 Å². The summed E-state index contributed by atoms with van der Waals surface area (Å²) in [6.45, 7) is 4.07. The van der Waals surface area contributed by atoms with Gasteiger partial charge in [-0.3, -0.25) is 9.80 Å². The molecule has 2 fully saturated rings. The molecule has 2 aliphatic heterocycles. The summed E-state index contributed by atoms with van der Waals surface area (Å²) < 4.78 is 10.8. The van der Waals surface area contributed by atoms with E-state index >= 15 is 0 Å². The normalized spacial score (nSPS) is 25.1. The van der Waals surface area contributed by atoms with E-state index in [1.165, 1.54) is 31.2 Å². The van der Waals surface area contributed by atoms with Crippen molar-refractivity contribution in [2.45, 2.75) is 43.8 Å². The second-order valence-corrected chi connectivity index (χ2v) is 6.93. The van der Waals surface area contributed by atoms with Crippen LogP contribution in [0.3, 0.4) is 0 Å². The van der Waals surface area contributed by atoms with Gasteiger partial charge in [-0.05, 0) is 38.8 Å². The number of likely N-dealkylation sites (tertiary alicyclic amines) is 2. The Bertz CT molecular complexity index is 515. The summed E-state index contributed by atoms with van der Waals surface area (Å²) in [5.74, 6) is 0.755. The summed E-state index contributed by atoms with van der Waals surface area (Å²) in [6.07, 6.45) is 6.85. The highest BCUT2D eigenvalue weighted by Crippen LogP contribution is 2.40. The van der Waals surface area contributed by atoms with Crippen LogP contribution in [0.1, 0.15) is 31.2 Å². The Balaban J connectivity index is 1.58. The molecule has 128 valence electrons. The van der Waals surface area contributed by atoms with E-state index in [1.54, 1.807) is 13.3 Å². The zero-order chi connectivity index (χ0) is 16.3. The third kappa shape index (κ3) is 3.37. The summed E-state index contributed by atoms with van der Waals surface area (Å²) >= 11 is 0. The smallest absolute Gasteiger partial charge is 0.217 e. The molecule has 0 saturated carbocycles. The predicted octanol–water partition coefficient (Wildman–Crippen LogP) is 2.17. The predicted molar refractivity (Wildman–Crippen MR) is 90.7 cm³/mol. The molecule has 1 atom stereocenters. The lowest BCUT2D eigenvalue weighted by atomic mass is 9.85. The summed E-state index contributed by atoms with van der Waals surface area (Å²) in [7, 11) is 5.79. The molecule has 2 saturated heterocycles. The van der Waals surface area contributed by atoms with E-state index in [9.17, 15) is 0 Å². The monoisotopic (exact) mass is 319 g/mol. The van der Waals surface area contributed by atoms with Gasteiger partial charge in [-0.1, -0.05) is 6.07 Å². The minimum atomic E-state index is 0.388. The Hall–Kier alpha value is -1.17. The fraction of sp³-hybridized carbons (Fsp3) is 0.722. The van der Waals surface area contributed by atoms with Crippen LogP contribution in [0.5, 0.6) is 5.88 Å². The first-order chi connectivity index (χ1) is 11.2. The van der Waals surface area contributed by atoms with Crippen molar-refractivity contribution >= 4 is 0 Å². The van der Waals surface area contributed by atoms with Gasteiger partial charge in [0.1, 0.15) is 0 Å². The average Bonchev–Trinajstić information content (AvgIpc) is 2.88. The highest BCUT2D eigenvalue weighted by atomic mass is 16.5. The Morgan fingerprint density at radius 3 is 2.74 bits per heavy atom. The van der Waals surface area contributed by atoms with E-state index in [2.05, 4.69) is 27.9 Å². The van der Waals surface area contributed by atoms with Gasteiger partial charge in [-0.2, -0.15) is 0 Å². The molecule has 0 aliphatic carbocycles. The van der Waals surface area contributed by atoms with Crippen LogP contribution >= 0.6 is 0 Å². The molecule has 5 heteroatoms. The molecular formula is C18H29N3O2. The molecule has 2 aliphatic rings. The maximum atomic E-state index is 5.38.